The highest BCUT2D eigenvalue weighted by molar-refractivity contribution is 7.18. The number of nitrogens with zero attached hydrogens (tertiary/aromatic N) is 2. The molecule has 2 aliphatic rings. The van der Waals surface area contributed by atoms with E-state index in [1.54, 1.807) is 11.3 Å². The van der Waals surface area contributed by atoms with Crippen LogP contribution in [-0.2, 0) is 12.8 Å². The van der Waals surface area contributed by atoms with Crippen LogP contribution in [0.4, 0.5) is 0 Å². The minimum atomic E-state index is 0.243. The number of hydrogen-bond acceptors (Lipinski definition) is 4. The fraction of sp³-hybridized carbons (Fsp3) is 0.429. The number of likely N-dealkylation sites (tertiary alicyclic amines) is 1. The predicted octanol–water partition coefficient (Wildman–Crippen LogP) is 5.26. The molecule has 3 heterocycles. The summed E-state index contributed by atoms with van der Waals surface area (Å²) in [6.45, 7) is 1.70. The molecule has 134 valence electrons. The van der Waals surface area contributed by atoms with Gasteiger partial charge in [0.25, 0.3) is 5.91 Å². The Bertz CT molecular complexity index is 893. The van der Waals surface area contributed by atoms with Crippen molar-refractivity contribution in [1.82, 2.24) is 9.88 Å². The average Bonchev–Trinajstić information content (AvgIpc) is 3.31. The van der Waals surface area contributed by atoms with Gasteiger partial charge in [-0.25, -0.2) is 4.98 Å². The molecule has 1 aliphatic heterocycles. The van der Waals surface area contributed by atoms with Crippen LogP contribution in [0, 0.1) is 0 Å². The molecule has 0 bridgehead atoms. The first-order valence-electron chi connectivity index (χ1n) is 9.54. The van der Waals surface area contributed by atoms with Gasteiger partial charge in [0.15, 0.2) is 0 Å². The molecule has 0 N–H and O–H groups in total. The van der Waals surface area contributed by atoms with Crippen molar-refractivity contribution in [2.75, 3.05) is 13.1 Å². The third-order valence-corrected chi connectivity index (χ3v) is 8.07. The summed E-state index contributed by atoms with van der Waals surface area (Å²) >= 11 is 3.55. The number of carbonyl (C=O) groups excluding carboxylic acids is 1. The van der Waals surface area contributed by atoms with Crippen molar-refractivity contribution in [3.05, 3.63) is 50.7 Å². The molecule has 0 radical (unpaired) electrons. The van der Waals surface area contributed by atoms with Gasteiger partial charge >= 0.3 is 0 Å². The zero-order valence-corrected chi connectivity index (χ0v) is 16.4. The molecule has 1 fully saturated rings. The lowest BCUT2D eigenvalue weighted by Gasteiger charge is -2.30. The summed E-state index contributed by atoms with van der Waals surface area (Å²) in [5, 5.41) is 1.24. The highest BCUT2D eigenvalue weighted by atomic mass is 32.1. The standard InChI is InChI=1S/C21H22N2OS2/c24-21(19-13-15-5-1-3-7-17(15)25-19)23-11-9-14(10-12-23)20-22-16-6-2-4-8-18(16)26-20/h2,4,6,8,13-14H,1,3,5,7,9-12H2. The van der Waals surface area contributed by atoms with Crippen LogP contribution < -0.4 is 0 Å². The number of aromatic nitrogens is 1. The number of benzene rings is 1. The summed E-state index contributed by atoms with van der Waals surface area (Å²) in [5.74, 6) is 0.736. The van der Waals surface area contributed by atoms with E-state index in [2.05, 4.69) is 29.2 Å². The molecule has 0 atom stereocenters. The maximum absolute atomic E-state index is 12.9. The fourth-order valence-electron chi connectivity index (χ4n) is 4.15. The maximum atomic E-state index is 12.9. The molecule has 26 heavy (non-hydrogen) atoms. The summed E-state index contributed by atoms with van der Waals surface area (Å²) < 4.78 is 1.27. The minimum absolute atomic E-state index is 0.243. The van der Waals surface area contributed by atoms with Crippen molar-refractivity contribution in [3.8, 4) is 0 Å². The maximum Gasteiger partial charge on any atom is 0.263 e. The Labute approximate surface area is 161 Å². The molecule has 0 saturated carbocycles. The Morgan fingerprint density at radius 3 is 2.69 bits per heavy atom. The molecule has 5 heteroatoms. The fourth-order valence-corrected chi connectivity index (χ4v) is 6.50. The van der Waals surface area contributed by atoms with Crippen LogP contribution in [0.1, 0.15) is 56.7 Å². The average molecular weight is 383 g/mol. The molecule has 0 spiro atoms. The topological polar surface area (TPSA) is 33.2 Å². The van der Waals surface area contributed by atoms with Crippen LogP contribution in [0.2, 0.25) is 0 Å². The molecule has 1 amide bonds. The van der Waals surface area contributed by atoms with Crippen molar-refractivity contribution in [2.24, 2.45) is 0 Å². The van der Waals surface area contributed by atoms with Gasteiger partial charge in [0.1, 0.15) is 0 Å². The lowest BCUT2D eigenvalue weighted by Crippen LogP contribution is -2.37. The van der Waals surface area contributed by atoms with Gasteiger partial charge in [-0.05, 0) is 62.3 Å². The molecule has 5 rings (SSSR count). The number of hydrogen-bond donors (Lipinski definition) is 0. The number of piperidine rings is 1. The van der Waals surface area contributed by atoms with E-state index in [0.717, 1.165) is 49.2 Å². The van der Waals surface area contributed by atoms with Crippen molar-refractivity contribution >= 4 is 38.8 Å². The van der Waals surface area contributed by atoms with Gasteiger partial charge in [-0.2, -0.15) is 0 Å². The van der Waals surface area contributed by atoms with Gasteiger partial charge in [0, 0.05) is 23.9 Å². The van der Waals surface area contributed by atoms with Gasteiger partial charge < -0.3 is 4.90 Å². The van der Waals surface area contributed by atoms with Crippen LogP contribution >= 0.6 is 22.7 Å². The van der Waals surface area contributed by atoms with Crippen molar-refractivity contribution in [3.63, 3.8) is 0 Å². The Hall–Kier alpha value is -1.72. The van der Waals surface area contributed by atoms with E-state index in [0.29, 0.717) is 5.92 Å². The molecule has 1 aliphatic carbocycles. The van der Waals surface area contributed by atoms with Gasteiger partial charge in [0.05, 0.1) is 20.1 Å². The summed E-state index contributed by atoms with van der Waals surface area (Å²) in [6.07, 6.45) is 6.90. The Balaban J connectivity index is 1.27. The molecular formula is C21H22N2OS2. The Morgan fingerprint density at radius 1 is 1.08 bits per heavy atom. The monoisotopic (exact) mass is 382 g/mol. The highest BCUT2D eigenvalue weighted by Crippen LogP contribution is 2.35. The van der Waals surface area contributed by atoms with Crippen molar-refractivity contribution in [1.29, 1.82) is 0 Å². The molecule has 3 aromatic rings. The summed E-state index contributed by atoms with van der Waals surface area (Å²) in [5.41, 5.74) is 2.53. The van der Waals surface area contributed by atoms with Crippen LogP contribution in [-0.4, -0.2) is 28.9 Å². The Kier molecular flexibility index (Phi) is 4.29. The van der Waals surface area contributed by atoms with Crippen LogP contribution in [0.25, 0.3) is 10.2 Å². The molecule has 0 unspecified atom stereocenters. The second kappa shape index (κ2) is 6.78. The SMILES string of the molecule is O=C(c1cc2c(s1)CCCC2)N1CCC(c2nc3ccccc3s2)CC1. The van der Waals surface area contributed by atoms with Gasteiger partial charge in [-0.3, -0.25) is 4.79 Å². The Morgan fingerprint density at radius 2 is 1.88 bits per heavy atom. The largest absolute Gasteiger partial charge is 0.338 e. The second-order valence-electron chi connectivity index (χ2n) is 7.35. The lowest BCUT2D eigenvalue weighted by molar-refractivity contribution is 0.0718. The number of thiophene rings is 1. The number of para-hydroxylation sites is 1. The number of amides is 1. The van der Waals surface area contributed by atoms with Crippen LogP contribution in [0.15, 0.2) is 30.3 Å². The molecule has 3 nitrogen and oxygen atoms in total. The van der Waals surface area contributed by atoms with Crippen LogP contribution in [0.5, 0.6) is 0 Å². The van der Waals surface area contributed by atoms with E-state index in [4.69, 9.17) is 4.98 Å². The first-order chi connectivity index (χ1) is 12.8. The molecule has 2 aromatic heterocycles. The van der Waals surface area contributed by atoms with Crippen molar-refractivity contribution < 1.29 is 4.79 Å². The predicted molar refractivity (Wildman–Crippen MR) is 108 cm³/mol. The highest BCUT2D eigenvalue weighted by Gasteiger charge is 2.28. The quantitative estimate of drug-likeness (QED) is 0.606. The third-order valence-electron chi connectivity index (χ3n) is 5.65. The normalized spacial score (nSPS) is 18.2. The summed E-state index contributed by atoms with van der Waals surface area (Å²) in [6, 6.07) is 10.5. The number of rotatable bonds is 2. The van der Waals surface area contributed by atoms with Gasteiger partial charge in [0.2, 0.25) is 0 Å². The molecule has 1 saturated heterocycles. The second-order valence-corrected chi connectivity index (χ2v) is 9.55. The van der Waals surface area contributed by atoms with E-state index >= 15 is 0 Å². The van der Waals surface area contributed by atoms with E-state index in [1.165, 1.54) is 33.0 Å². The summed E-state index contributed by atoms with van der Waals surface area (Å²) in [7, 11) is 0. The minimum Gasteiger partial charge on any atom is -0.338 e. The van der Waals surface area contributed by atoms with E-state index < -0.39 is 0 Å². The number of thiazole rings is 1. The first kappa shape index (κ1) is 16.5. The molecule has 1 aromatic carbocycles. The van der Waals surface area contributed by atoms with Gasteiger partial charge in [-0.15, -0.1) is 22.7 Å². The van der Waals surface area contributed by atoms with E-state index in [1.807, 2.05) is 17.4 Å². The summed E-state index contributed by atoms with van der Waals surface area (Å²) in [4.78, 5) is 22.2. The van der Waals surface area contributed by atoms with E-state index in [9.17, 15) is 4.79 Å². The number of aryl methyl sites for hydroxylation is 2. The number of carbonyl (C=O) groups is 1. The number of fused-ring (bicyclic) bond motifs is 2. The molecular weight excluding hydrogens is 360 g/mol. The smallest absolute Gasteiger partial charge is 0.263 e. The zero-order chi connectivity index (χ0) is 17.5. The lowest BCUT2D eigenvalue weighted by atomic mass is 9.97. The first-order valence-corrected chi connectivity index (χ1v) is 11.2. The van der Waals surface area contributed by atoms with Gasteiger partial charge in [-0.1, -0.05) is 12.1 Å². The van der Waals surface area contributed by atoms with Crippen LogP contribution in [0.3, 0.4) is 0 Å². The third kappa shape index (κ3) is 2.97. The van der Waals surface area contributed by atoms with E-state index in [-0.39, 0.29) is 5.91 Å². The van der Waals surface area contributed by atoms with Crippen molar-refractivity contribution in [2.45, 2.75) is 44.4 Å². The zero-order valence-electron chi connectivity index (χ0n) is 14.7.